The Balaban J connectivity index is 1.78. The number of carboxylic acid groups (broad SMARTS) is 1. The third-order valence-corrected chi connectivity index (χ3v) is 4.39. The van der Waals surface area contributed by atoms with Crippen molar-refractivity contribution in [1.29, 1.82) is 0 Å². The second-order valence-electron chi connectivity index (χ2n) is 5.73. The Kier molecular flexibility index (Phi) is 6.39. The lowest BCUT2D eigenvalue weighted by Gasteiger charge is -2.32. The van der Waals surface area contributed by atoms with Crippen molar-refractivity contribution in [2.45, 2.75) is 25.7 Å². The van der Waals surface area contributed by atoms with Crippen LogP contribution in [0, 0.1) is 5.92 Å². The number of halogens is 1. The predicted molar refractivity (Wildman–Crippen MR) is 88.8 cm³/mol. The molecule has 120 valence electrons. The first-order chi connectivity index (χ1) is 10.5. The van der Waals surface area contributed by atoms with Crippen molar-refractivity contribution in [2.75, 3.05) is 25.0 Å². The number of piperidine rings is 1. The quantitative estimate of drug-likeness (QED) is 0.809. The van der Waals surface area contributed by atoms with Crippen LogP contribution in [0.4, 0.5) is 5.69 Å². The maximum atomic E-state index is 12.1. The Morgan fingerprint density at radius 1 is 1.32 bits per heavy atom. The van der Waals surface area contributed by atoms with Gasteiger partial charge in [0.25, 0.3) is 0 Å². The van der Waals surface area contributed by atoms with E-state index in [1.807, 2.05) is 24.3 Å². The van der Waals surface area contributed by atoms with Gasteiger partial charge in [-0.15, -0.1) is 0 Å². The van der Waals surface area contributed by atoms with Crippen molar-refractivity contribution < 1.29 is 14.7 Å². The highest BCUT2D eigenvalue weighted by Gasteiger charge is 2.22. The molecule has 6 heteroatoms. The molecule has 1 aliphatic heterocycles. The average molecular weight is 369 g/mol. The zero-order valence-electron chi connectivity index (χ0n) is 12.4. The van der Waals surface area contributed by atoms with Gasteiger partial charge in [0.15, 0.2) is 0 Å². The molecular formula is C16H21BrN2O3. The lowest BCUT2D eigenvalue weighted by Crippen LogP contribution is -2.40. The first kappa shape index (κ1) is 17.0. The fourth-order valence-electron chi connectivity index (χ4n) is 2.79. The summed E-state index contributed by atoms with van der Waals surface area (Å²) in [6.45, 7) is 2.07. The number of amides is 1. The highest BCUT2D eigenvalue weighted by atomic mass is 79.9. The minimum atomic E-state index is -0.745. The summed E-state index contributed by atoms with van der Waals surface area (Å²) in [5, 5.41) is 11.6. The highest BCUT2D eigenvalue weighted by Crippen LogP contribution is 2.21. The molecule has 1 heterocycles. The van der Waals surface area contributed by atoms with Crippen LogP contribution < -0.4 is 5.32 Å². The molecule has 1 saturated heterocycles. The molecule has 1 atom stereocenters. The van der Waals surface area contributed by atoms with Crippen LogP contribution in [0.15, 0.2) is 28.7 Å². The molecule has 1 aromatic rings. The van der Waals surface area contributed by atoms with E-state index in [2.05, 4.69) is 26.1 Å². The average Bonchev–Trinajstić information content (AvgIpc) is 2.48. The van der Waals surface area contributed by atoms with Crippen LogP contribution in [-0.2, 0) is 9.59 Å². The van der Waals surface area contributed by atoms with Gasteiger partial charge in [-0.25, -0.2) is 0 Å². The SMILES string of the molecule is O=C(O)CCC1CCCN(CC(=O)Nc2ccc(Br)cc2)C1. The summed E-state index contributed by atoms with van der Waals surface area (Å²) in [6.07, 6.45) is 2.98. The van der Waals surface area contributed by atoms with Crippen molar-refractivity contribution in [3.63, 3.8) is 0 Å². The number of anilines is 1. The van der Waals surface area contributed by atoms with Gasteiger partial charge < -0.3 is 10.4 Å². The zero-order chi connectivity index (χ0) is 15.9. The molecule has 5 nitrogen and oxygen atoms in total. The summed E-state index contributed by atoms with van der Waals surface area (Å²) in [5.74, 6) is -0.392. The van der Waals surface area contributed by atoms with E-state index in [1.54, 1.807) is 0 Å². The molecule has 0 spiro atoms. The summed E-state index contributed by atoms with van der Waals surface area (Å²) in [5.41, 5.74) is 0.785. The number of rotatable bonds is 6. The molecule has 0 bridgehead atoms. The van der Waals surface area contributed by atoms with Crippen molar-refractivity contribution in [3.8, 4) is 0 Å². The van der Waals surface area contributed by atoms with Crippen LogP contribution in [0.2, 0.25) is 0 Å². The van der Waals surface area contributed by atoms with Crippen molar-refractivity contribution >= 4 is 33.5 Å². The summed E-state index contributed by atoms with van der Waals surface area (Å²) >= 11 is 3.36. The first-order valence-electron chi connectivity index (χ1n) is 7.52. The summed E-state index contributed by atoms with van der Waals surface area (Å²) in [6, 6.07) is 7.48. The predicted octanol–water partition coefficient (Wildman–Crippen LogP) is 2.96. The van der Waals surface area contributed by atoms with Crippen LogP contribution in [0.25, 0.3) is 0 Å². The van der Waals surface area contributed by atoms with E-state index in [0.29, 0.717) is 18.9 Å². The van der Waals surface area contributed by atoms with Gasteiger partial charge in [0.1, 0.15) is 0 Å². The largest absolute Gasteiger partial charge is 0.481 e. The topological polar surface area (TPSA) is 69.6 Å². The van der Waals surface area contributed by atoms with E-state index in [4.69, 9.17) is 5.11 Å². The lowest BCUT2D eigenvalue weighted by molar-refractivity contribution is -0.137. The fourth-order valence-corrected chi connectivity index (χ4v) is 3.06. The van der Waals surface area contributed by atoms with Crippen molar-refractivity contribution in [3.05, 3.63) is 28.7 Å². The van der Waals surface area contributed by atoms with Gasteiger partial charge in [0, 0.05) is 23.1 Å². The molecule has 0 saturated carbocycles. The molecular weight excluding hydrogens is 348 g/mol. The molecule has 0 radical (unpaired) electrons. The number of benzene rings is 1. The van der Waals surface area contributed by atoms with E-state index in [9.17, 15) is 9.59 Å². The number of hydrogen-bond acceptors (Lipinski definition) is 3. The third kappa shape index (κ3) is 5.77. The second kappa shape index (κ2) is 8.29. The maximum Gasteiger partial charge on any atom is 0.303 e. The zero-order valence-corrected chi connectivity index (χ0v) is 14.0. The van der Waals surface area contributed by atoms with E-state index < -0.39 is 5.97 Å². The Morgan fingerprint density at radius 2 is 2.05 bits per heavy atom. The molecule has 0 aliphatic carbocycles. The van der Waals surface area contributed by atoms with Crippen LogP contribution in [-0.4, -0.2) is 41.5 Å². The first-order valence-corrected chi connectivity index (χ1v) is 8.32. The summed E-state index contributed by atoms with van der Waals surface area (Å²) < 4.78 is 0.975. The third-order valence-electron chi connectivity index (χ3n) is 3.86. The van der Waals surface area contributed by atoms with Gasteiger partial charge >= 0.3 is 5.97 Å². The molecule has 1 fully saturated rings. The number of aliphatic carboxylic acids is 1. The van der Waals surface area contributed by atoms with Gasteiger partial charge in [-0.2, -0.15) is 0 Å². The number of likely N-dealkylation sites (tertiary alicyclic amines) is 1. The minimum absolute atomic E-state index is 0.0267. The van der Waals surface area contributed by atoms with Crippen molar-refractivity contribution in [1.82, 2.24) is 4.90 Å². The van der Waals surface area contributed by atoms with Crippen LogP contribution in [0.5, 0.6) is 0 Å². The summed E-state index contributed by atoms with van der Waals surface area (Å²) in [7, 11) is 0. The molecule has 0 aromatic heterocycles. The highest BCUT2D eigenvalue weighted by molar-refractivity contribution is 9.10. The molecule has 22 heavy (non-hydrogen) atoms. The Labute approximate surface area is 138 Å². The maximum absolute atomic E-state index is 12.1. The Morgan fingerprint density at radius 3 is 2.73 bits per heavy atom. The van der Waals surface area contributed by atoms with Crippen LogP contribution in [0.3, 0.4) is 0 Å². The molecule has 1 unspecified atom stereocenters. The van der Waals surface area contributed by atoms with Gasteiger partial charge in [0.2, 0.25) is 5.91 Å². The number of carbonyl (C=O) groups excluding carboxylic acids is 1. The van der Waals surface area contributed by atoms with E-state index in [0.717, 1.165) is 36.1 Å². The number of hydrogen-bond donors (Lipinski definition) is 2. The van der Waals surface area contributed by atoms with E-state index in [1.165, 1.54) is 0 Å². The van der Waals surface area contributed by atoms with Gasteiger partial charge in [0.05, 0.1) is 6.54 Å². The molecule has 2 rings (SSSR count). The van der Waals surface area contributed by atoms with Gasteiger partial charge in [-0.1, -0.05) is 15.9 Å². The van der Waals surface area contributed by atoms with E-state index in [-0.39, 0.29) is 12.3 Å². The van der Waals surface area contributed by atoms with Crippen LogP contribution in [0.1, 0.15) is 25.7 Å². The van der Waals surface area contributed by atoms with Gasteiger partial charge in [-0.05, 0) is 56.0 Å². The molecule has 1 amide bonds. The second-order valence-corrected chi connectivity index (χ2v) is 6.65. The normalized spacial score (nSPS) is 18.9. The van der Waals surface area contributed by atoms with E-state index >= 15 is 0 Å². The monoisotopic (exact) mass is 368 g/mol. The Hall–Kier alpha value is -1.40. The number of carboxylic acids is 1. The van der Waals surface area contributed by atoms with Gasteiger partial charge in [-0.3, -0.25) is 14.5 Å². The molecule has 1 aliphatic rings. The minimum Gasteiger partial charge on any atom is -0.481 e. The number of nitrogens with one attached hydrogen (secondary N) is 1. The lowest BCUT2D eigenvalue weighted by atomic mass is 9.93. The summed E-state index contributed by atoms with van der Waals surface area (Å²) in [4.78, 5) is 24.8. The number of nitrogens with zero attached hydrogens (tertiary/aromatic N) is 1. The molecule has 1 aromatic carbocycles. The fraction of sp³-hybridized carbons (Fsp3) is 0.500. The Bertz CT molecular complexity index is 519. The van der Waals surface area contributed by atoms with Crippen LogP contribution >= 0.6 is 15.9 Å². The standard InChI is InChI=1S/C16H21BrN2O3/c17-13-4-6-14(7-5-13)18-15(20)11-19-9-1-2-12(10-19)3-8-16(21)22/h4-7,12H,1-3,8-11H2,(H,18,20)(H,21,22). The smallest absolute Gasteiger partial charge is 0.303 e. The van der Waals surface area contributed by atoms with Crippen molar-refractivity contribution in [2.24, 2.45) is 5.92 Å². The number of carbonyl (C=O) groups is 2. The molecule has 2 N–H and O–H groups in total.